The highest BCUT2D eigenvalue weighted by atomic mass is 32.2. The van der Waals surface area contributed by atoms with Gasteiger partial charge < -0.3 is 10.8 Å². The summed E-state index contributed by atoms with van der Waals surface area (Å²) in [6.07, 6.45) is 1.78. The lowest BCUT2D eigenvalue weighted by Crippen LogP contribution is -2.34. The van der Waals surface area contributed by atoms with Crippen molar-refractivity contribution in [3.63, 3.8) is 0 Å². The Morgan fingerprint density at radius 3 is 2.11 bits per heavy atom. The lowest BCUT2D eigenvalue weighted by atomic mass is 10.2. The second-order valence-corrected chi connectivity index (χ2v) is 8.67. The minimum atomic E-state index is -3.95. The van der Waals surface area contributed by atoms with E-state index in [1.807, 2.05) is 0 Å². The lowest BCUT2D eigenvalue weighted by Gasteiger charge is -2.12. The fraction of sp³-hybridized carbons (Fsp3) is 0.889. The average Bonchev–Trinajstić information content (AvgIpc) is 2.20. The summed E-state index contributed by atoms with van der Waals surface area (Å²) in [5.74, 6) is -2.66. The summed E-state index contributed by atoms with van der Waals surface area (Å²) in [4.78, 5) is 10.9. The van der Waals surface area contributed by atoms with Crippen LogP contribution in [0.3, 0.4) is 0 Å². The predicted molar refractivity (Wildman–Crippen MR) is 67.8 cm³/mol. The molecule has 0 heterocycles. The molecule has 0 radical (unpaired) electrons. The van der Waals surface area contributed by atoms with Gasteiger partial charge in [0.25, 0.3) is 0 Å². The second-order valence-electron chi connectivity index (χ2n) is 4.11. The van der Waals surface area contributed by atoms with Crippen molar-refractivity contribution in [3.8, 4) is 0 Å². The van der Waals surface area contributed by atoms with Crippen molar-refractivity contribution >= 4 is 25.6 Å². The number of aliphatic carboxylic acids is 1. The highest BCUT2D eigenvalue weighted by Crippen LogP contribution is 2.12. The van der Waals surface area contributed by atoms with Gasteiger partial charge in [-0.05, 0) is 19.4 Å². The van der Waals surface area contributed by atoms with Crippen LogP contribution >= 0.6 is 0 Å². The third-order valence-corrected chi connectivity index (χ3v) is 5.65. The molecule has 0 bridgehead atoms. The number of rotatable bonds is 9. The first kappa shape index (κ1) is 17.3. The topological polar surface area (TPSA) is 132 Å². The molecular weight excluding hydrogens is 282 g/mol. The molecule has 1 atom stereocenters. The predicted octanol–water partition coefficient (Wildman–Crippen LogP) is -0.972. The molecule has 0 aliphatic rings. The van der Waals surface area contributed by atoms with E-state index in [-0.39, 0.29) is 6.42 Å². The Labute approximate surface area is 107 Å². The molecule has 0 amide bonds. The lowest BCUT2D eigenvalue weighted by molar-refractivity contribution is -0.136. The van der Waals surface area contributed by atoms with Gasteiger partial charge in [0.1, 0.15) is 9.84 Å². The molecule has 0 aliphatic carbocycles. The van der Waals surface area contributed by atoms with Crippen LogP contribution in [-0.2, 0) is 24.5 Å². The summed E-state index contributed by atoms with van der Waals surface area (Å²) in [5.41, 5.74) is 5.24. The van der Waals surface area contributed by atoms with E-state index in [4.69, 9.17) is 10.8 Å². The largest absolute Gasteiger partial charge is 0.480 e. The van der Waals surface area contributed by atoms with Crippen LogP contribution in [0.4, 0.5) is 0 Å². The van der Waals surface area contributed by atoms with Crippen molar-refractivity contribution < 1.29 is 26.7 Å². The zero-order chi connectivity index (χ0) is 14.4. The first-order valence-electron chi connectivity index (χ1n) is 5.42. The van der Waals surface area contributed by atoms with Crippen molar-refractivity contribution in [2.24, 2.45) is 5.73 Å². The molecule has 0 fully saturated rings. The Morgan fingerprint density at radius 1 is 1.17 bits per heavy atom. The summed E-state index contributed by atoms with van der Waals surface area (Å²) < 4.78 is 45.3. The maximum atomic E-state index is 11.7. The number of hydrogen-bond donors (Lipinski definition) is 2. The van der Waals surface area contributed by atoms with Crippen LogP contribution < -0.4 is 5.73 Å². The molecule has 0 aromatic heterocycles. The van der Waals surface area contributed by atoms with Gasteiger partial charge >= 0.3 is 5.97 Å². The minimum absolute atomic E-state index is 0.0430. The Morgan fingerprint density at radius 2 is 1.72 bits per heavy atom. The van der Waals surface area contributed by atoms with Gasteiger partial charge in [-0.2, -0.15) is 0 Å². The Kier molecular flexibility index (Phi) is 6.79. The highest BCUT2D eigenvalue weighted by Gasteiger charge is 2.32. The molecule has 0 saturated carbocycles. The molecule has 108 valence electrons. The number of unbranched alkanes of at least 4 members (excludes halogenated alkanes) is 1. The molecule has 0 aliphatic heterocycles. The van der Waals surface area contributed by atoms with Crippen LogP contribution in [-0.4, -0.2) is 57.5 Å². The highest BCUT2D eigenvalue weighted by molar-refractivity contribution is 7.95. The monoisotopic (exact) mass is 301 g/mol. The third-order valence-electron chi connectivity index (χ3n) is 2.37. The molecule has 0 aromatic carbocycles. The van der Waals surface area contributed by atoms with E-state index in [1.165, 1.54) is 0 Å². The van der Waals surface area contributed by atoms with Crippen molar-refractivity contribution in [3.05, 3.63) is 0 Å². The number of hydrogen-bond acceptors (Lipinski definition) is 6. The molecule has 1 unspecified atom stereocenters. The summed E-state index contributed by atoms with van der Waals surface area (Å²) in [7, 11) is -7.39. The van der Waals surface area contributed by atoms with Gasteiger partial charge in [-0.1, -0.05) is 6.42 Å². The summed E-state index contributed by atoms with van der Waals surface area (Å²) in [6.45, 7) is 0.357. The fourth-order valence-corrected chi connectivity index (χ4v) is 4.60. The van der Waals surface area contributed by atoms with E-state index in [1.54, 1.807) is 0 Å². The fourth-order valence-electron chi connectivity index (χ4n) is 1.34. The molecular formula is C9H19NO6S2. The van der Waals surface area contributed by atoms with Crippen LogP contribution in [0.5, 0.6) is 0 Å². The Hall–Kier alpha value is -0.670. The smallest absolute Gasteiger partial charge is 0.321 e. The third kappa shape index (κ3) is 6.92. The molecule has 0 aromatic rings. The molecule has 7 nitrogen and oxygen atoms in total. The van der Waals surface area contributed by atoms with E-state index in [9.17, 15) is 21.6 Å². The maximum absolute atomic E-state index is 11.7. The summed E-state index contributed by atoms with van der Waals surface area (Å²) in [5, 5.41) is 7.33. The van der Waals surface area contributed by atoms with Crippen LogP contribution in [0.1, 0.15) is 19.3 Å². The zero-order valence-corrected chi connectivity index (χ0v) is 11.8. The van der Waals surface area contributed by atoms with Crippen LogP contribution in [0.2, 0.25) is 0 Å². The summed E-state index contributed by atoms with van der Waals surface area (Å²) in [6, 6.07) is 0. The second kappa shape index (κ2) is 7.05. The molecule has 0 spiro atoms. The maximum Gasteiger partial charge on any atom is 0.321 e. The Bertz CT molecular complexity index is 467. The molecule has 0 rings (SSSR count). The standard InChI is InChI=1S/C9H19NO6S2/c1-17(13,14)6-7-18(15,16)8(9(11)12)4-2-3-5-10/h8H,2-7,10H2,1H3,(H,11,12). The Balaban J connectivity index is 4.72. The number of nitrogens with two attached hydrogens (primary N) is 1. The minimum Gasteiger partial charge on any atom is -0.480 e. The van der Waals surface area contributed by atoms with Crippen LogP contribution in [0.15, 0.2) is 0 Å². The van der Waals surface area contributed by atoms with Crippen molar-refractivity contribution in [1.29, 1.82) is 0 Å². The van der Waals surface area contributed by atoms with E-state index < -0.39 is 42.4 Å². The average molecular weight is 301 g/mol. The number of carboxylic acid groups (broad SMARTS) is 1. The van der Waals surface area contributed by atoms with Crippen molar-refractivity contribution in [1.82, 2.24) is 0 Å². The molecule has 18 heavy (non-hydrogen) atoms. The van der Waals surface area contributed by atoms with E-state index in [0.29, 0.717) is 19.4 Å². The van der Waals surface area contributed by atoms with Crippen molar-refractivity contribution in [2.45, 2.75) is 24.5 Å². The van der Waals surface area contributed by atoms with E-state index in [2.05, 4.69) is 0 Å². The first-order chi connectivity index (χ1) is 8.10. The van der Waals surface area contributed by atoms with Gasteiger partial charge in [0.15, 0.2) is 15.1 Å². The van der Waals surface area contributed by atoms with Gasteiger partial charge in [-0.15, -0.1) is 0 Å². The molecule has 3 N–H and O–H groups in total. The van der Waals surface area contributed by atoms with Crippen molar-refractivity contribution in [2.75, 3.05) is 24.3 Å². The van der Waals surface area contributed by atoms with Gasteiger partial charge in [-0.3, -0.25) is 4.79 Å². The van der Waals surface area contributed by atoms with Gasteiger partial charge in [0, 0.05) is 6.26 Å². The van der Waals surface area contributed by atoms with Gasteiger partial charge in [-0.25, -0.2) is 16.8 Å². The molecule has 0 saturated heterocycles. The normalized spacial score (nSPS) is 14.3. The quantitative estimate of drug-likeness (QED) is 0.523. The number of sulfone groups is 2. The SMILES string of the molecule is CS(=O)(=O)CCS(=O)(=O)C(CCCCN)C(=O)O. The summed E-state index contributed by atoms with van der Waals surface area (Å²) >= 11 is 0. The first-order valence-corrected chi connectivity index (χ1v) is 9.20. The van der Waals surface area contributed by atoms with Crippen LogP contribution in [0, 0.1) is 0 Å². The molecule has 9 heteroatoms. The van der Waals surface area contributed by atoms with Crippen LogP contribution in [0.25, 0.3) is 0 Å². The number of carbonyl (C=O) groups is 1. The van der Waals surface area contributed by atoms with Gasteiger partial charge in [0.2, 0.25) is 0 Å². The van der Waals surface area contributed by atoms with Gasteiger partial charge in [0.05, 0.1) is 11.5 Å². The van der Waals surface area contributed by atoms with E-state index in [0.717, 1.165) is 6.26 Å². The van der Waals surface area contributed by atoms with E-state index >= 15 is 0 Å². The zero-order valence-electron chi connectivity index (χ0n) is 10.2. The number of carboxylic acids is 1.